The Hall–Kier alpha value is -1.72. The van der Waals surface area contributed by atoms with E-state index in [2.05, 4.69) is 25.8 Å². The molecule has 0 radical (unpaired) electrons. The van der Waals surface area contributed by atoms with E-state index < -0.39 is 0 Å². The highest BCUT2D eigenvalue weighted by atomic mass is 32.1. The monoisotopic (exact) mass is 333 g/mol. The molecule has 0 amide bonds. The van der Waals surface area contributed by atoms with Crippen molar-refractivity contribution in [3.8, 4) is 0 Å². The van der Waals surface area contributed by atoms with Crippen LogP contribution >= 0.6 is 11.3 Å². The van der Waals surface area contributed by atoms with Gasteiger partial charge in [0, 0.05) is 18.9 Å². The van der Waals surface area contributed by atoms with Gasteiger partial charge in [0.05, 0.1) is 6.61 Å². The Morgan fingerprint density at radius 1 is 1.26 bits per heavy atom. The third kappa shape index (κ3) is 5.15. The molecule has 1 unspecified atom stereocenters. The van der Waals surface area contributed by atoms with Crippen LogP contribution in [0.4, 0.5) is 0 Å². The first-order chi connectivity index (χ1) is 10.9. The molecule has 0 aliphatic rings. The summed E-state index contributed by atoms with van der Waals surface area (Å²) < 4.78 is 10.8. The molecule has 0 bridgehead atoms. The molecule has 0 saturated heterocycles. The van der Waals surface area contributed by atoms with Gasteiger partial charge in [-0.05, 0) is 11.0 Å². The number of thiazole rings is 1. The number of rotatable bonds is 6. The molecule has 0 spiro atoms. The lowest BCUT2D eigenvalue weighted by atomic mass is 9.85. The lowest BCUT2D eigenvalue weighted by Crippen LogP contribution is -2.33. The van der Waals surface area contributed by atoms with Gasteiger partial charge in [-0.25, -0.2) is 9.78 Å². The Morgan fingerprint density at radius 3 is 2.57 bits per heavy atom. The smallest absolute Gasteiger partial charge is 0.358 e. The maximum absolute atomic E-state index is 12.4. The highest BCUT2D eigenvalue weighted by Crippen LogP contribution is 2.27. The van der Waals surface area contributed by atoms with Gasteiger partial charge in [0.15, 0.2) is 5.69 Å². The molecular formula is C18H23NO3S. The topological polar surface area (TPSA) is 48.4 Å². The minimum Gasteiger partial charge on any atom is -0.457 e. The second kappa shape index (κ2) is 7.70. The first-order valence-electron chi connectivity index (χ1n) is 7.58. The first kappa shape index (κ1) is 17.6. The van der Waals surface area contributed by atoms with Crippen LogP contribution in [0.15, 0.2) is 35.7 Å². The maximum Gasteiger partial charge on any atom is 0.358 e. The Balaban J connectivity index is 2.09. The molecule has 2 rings (SSSR count). The summed E-state index contributed by atoms with van der Waals surface area (Å²) in [6.07, 6.45) is 0.468. The second-order valence-corrected chi connectivity index (χ2v) is 7.45. The number of aromatic nitrogens is 1. The zero-order valence-electron chi connectivity index (χ0n) is 14.0. The van der Waals surface area contributed by atoms with Crippen molar-refractivity contribution in [1.82, 2.24) is 4.98 Å². The molecular weight excluding hydrogens is 310 g/mol. The third-order valence-corrected chi connectivity index (χ3v) is 4.33. The standard InChI is InChI=1S/C18H23NO3S/c1-18(2,3)15(10-13-8-6-5-7-9-13)22-17(20)14-12-23-16(19-14)11-21-4/h5-9,12,15H,10-11H2,1-4H3. The molecule has 4 nitrogen and oxygen atoms in total. The summed E-state index contributed by atoms with van der Waals surface area (Å²) in [7, 11) is 1.61. The van der Waals surface area contributed by atoms with Crippen molar-refractivity contribution in [2.45, 2.75) is 39.9 Å². The summed E-state index contributed by atoms with van der Waals surface area (Å²) in [5.41, 5.74) is 1.35. The molecule has 1 heterocycles. The summed E-state index contributed by atoms with van der Waals surface area (Å²) in [6, 6.07) is 10.1. The number of hydrogen-bond acceptors (Lipinski definition) is 5. The van der Waals surface area contributed by atoms with Gasteiger partial charge < -0.3 is 9.47 Å². The second-order valence-electron chi connectivity index (χ2n) is 6.51. The Kier molecular flexibility index (Phi) is 5.91. The summed E-state index contributed by atoms with van der Waals surface area (Å²) in [6.45, 7) is 6.63. The van der Waals surface area contributed by atoms with Crippen LogP contribution in [-0.2, 0) is 22.5 Å². The van der Waals surface area contributed by atoms with Gasteiger partial charge in [0.2, 0.25) is 0 Å². The van der Waals surface area contributed by atoms with Gasteiger partial charge >= 0.3 is 5.97 Å². The van der Waals surface area contributed by atoms with Gasteiger partial charge in [-0.15, -0.1) is 11.3 Å². The van der Waals surface area contributed by atoms with E-state index in [1.807, 2.05) is 30.3 Å². The third-order valence-electron chi connectivity index (χ3n) is 3.51. The van der Waals surface area contributed by atoms with Crippen molar-refractivity contribution in [3.05, 3.63) is 52.0 Å². The molecule has 1 aromatic carbocycles. The van der Waals surface area contributed by atoms with Crippen molar-refractivity contribution >= 4 is 17.3 Å². The van der Waals surface area contributed by atoms with Crippen molar-refractivity contribution in [3.63, 3.8) is 0 Å². The zero-order chi connectivity index (χ0) is 16.9. The summed E-state index contributed by atoms with van der Waals surface area (Å²) in [4.78, 5) is 16.7. The minimum atomic E-state index is -0.376. The average molecular weight is 333 g/mol. The SMILES string of the molecule is COCc1nc(C(=O)OC(Cc2ccccc2)C(C)(C)C)cs1. The van der Waals surface area contributed by atoms with Crippen LogP contribution in [0, 0.1) is 5.41 Å². The van der Waals surface area contributed by atoms with Crippen LogP contribution in [0.1, 0.15) is 41.8 Å². The van der Waals surface area contributed by atoms with Crippen LogP contribution in [0.25, 0.3) is 0 Å². The number of carbonyl (C=O) groups excluding carboxylic acids is 1. The van der Waals surface area contributed by atoms with Gasteiger partial charge in [0.1, 0.15) is 11.1 Å². The molecule has 0 aliphatic heterocycles. The molecule has 124 valence electrons. The fraction of sp³-hybridized carbons (Fsp3) is 0.444. The van der Waals surface area contributed by atoms with Crippen molar-refractivity contribution in [2.75, 3.05) is 7.11 Å². The van der Waals surface area contributed by atoms with Gasteiger partial charge in [-0.2, -0.15) is 0 Å². The fourth-order valence-electron chi connectivity index (χ4n) is 2.14. The van der Waals surface area contributed by atoms with E-state index in [0.29, 0.717) is 18.7 Å². The number of hydrogen-bond donors (Lipinski definition) is 0. The molecule has 0 fully saturated rings. The Labute approximate surface area is 141 Å². The molecule has 0 N–H and O–H groups in total. The average Bonchev–Trinajstić information content (AvgIpc) is 2.96. The highest BCUT2D eigenvalue weighted by molar-refractivity contribution is 7.09. The Morgan fingerprint density at radius 2 is 1.96 bits per heavy atom. The fourth-order valence-corrected chi connectivity index (χ4v) is 2.87. The van der Waals surface area contributed by atoms with E-state index in [1.54, 1.807) is 12.5 Å². The number of carbonyl (C=O) groups is 1. The first-order valence-corrected chi connectivity index (χ1v) is 8.46. The van der Waals surface area contributed by atoms with E-state index in [1.165, 1.54) is 11.3 Å². The number of benzene rings is 1. The van der Waals surface area contributed by atoms with E-state index >= 15 is 0 Å². The van der Waals surface area contributed by atoms with Crippen LogP contribution in [0.5, 0.6) is 0 Å². The molecule has 23 heavy (non-hydrogen) atoms. The molecule has 5 heteroatoms. The number of nitrogens with zero attached hydrogens (tertiary/aromatic N) is 1. The highest BCUT2D eigenvalue weighted by Gasteiger charge is 2.29. The van der Waals surface area contributed by atoms with Crippen molar-refractivity contribution in [1.29, 1.82) is 0 Å². The summed E-state index contributed by atoms with van der Waals surface area (Å²) >= 11 is 1.40. The van der Waals surface area contributed by atoms with E-state index in [9.17, 15) is 4.79 Å². The normalized spacial score (nSPS) is 12.9. The largest absolute Gasteiger partial charge is 0.457 e. The van der Waals surface area contributed by atoms with Gasteiger partial charge in [0.25, 0.3) is 0 Å². The van der Waals surface area contributed by atoms with E-state index in [0.717, 1.165) is 10.6 Å². The number of methoxy groups -OCH3 is 1. The number of esters is 1. The van der Waals surface area contributed by atoms with Gasteiger partial charge in [-0.3, -0.25) is 0 Å². The lowest BCUT2D eigenvalue weighted by molar-refractivity contribution is -0.00295. The van der Waals surface area contributed by atoms with Crippen LogP contribution in [0.2, 0.25) is 0 Å². The van der Waals surface area contributed by atoms with E-state index in [-0.39, 0.29) is 17.5 Å². The van der Waals surface area contributed by atoms with Crippen LogP contribution in [0.3, 0.4) is 0 Å². The quantitative estimate of drug-likeness (QED) is 0.747. The maximum atomic E-state index is 12.4. The predicted octanol–water partition coefficient (Wildman–Crippen LogP) is 4.10. The van der Waals surface area contributed by atoms with Crippen LogP contribution in [-0.4, -0.2) is 24.2 Å². The molecule has 1 atom stereocenters. The molecule has 2 aromatic rings. The van der Waals surface area contributed by atoms with Gasteiger partial charge in [-0.1, -0.05) is 51.1 Å². The molecule has 1 aromatic heterocycles. The minimum absolute atomic E-state index is 0.156. The molecule has 0 aliphatic carbocycles. The summed E-state index contributed by atoms with van der Waals surface area (Å²) in [5.74, 6) is -0.376. The lowest BCUT2D eigenvalue weighted by Gasteiger charge is -2.30. The number of ether oxygens (including phenoxy) is 2. The molecule has 0 saturated carbocycles. The predicted molar refractivity (Wildman–Crippen MR) is 91.6 cm³/mol. The van der Waals surface area contributed by atoms with Crippen molar-refractivity contribution < 1.29 is 14.3 Å². The van der Waals surface area contributed by atoms with Crippen molar-refractivity contribution in [2.24, 2.45) is 5.41 Å². The van der Waals surface area contributed by atoms with Crippen LogP contribution < -0.4 is 0 Å². The summed E-state index contributed by atoms with van der Waals surface area (Å²) in [5, 5.41) is 2.49. The zero-order valence-corrected chi connectivity index (χ0v) is 14.9. The van der Waals surface area contributed by atoms with E-state index in [4.69, 9.17) is 9.47 Å². The Bertz CT molecular complexity index is 631.